The molecule has 0 bridgehead atoms. The number of carbonyl (C=O) groups is 2. The molecule has 25 heavy (non-hydrogen) atoms. The number of aryl methyl sites for hydroxylation is 2. The van der Waals surface area contributed by atoms with Gasteiger partial charge < -0.3 is 16.4 Å². The Morgan fingerprint density at radius 2 is 1.72 bits per heavy atom. The van der Waals surface area contributed by atoms with Crippen molar-refractivity contribution in [1.82, 2.24) is 5.32 Å². The van der Waals surface area contributed by atoms with Crippen LogP contribution in [0, 0.1) is 19.8 Å². The quantitative estimate of drug-likeness (QED) is 0.729. The minimum Gasteiger partial charge on any atom is -0.399 e. The first kappa shape index (κ1) is 18.5. The molecule has 0 aliphatic heterocycles. The minimum atomic E-state index is -0.218. The van der Waals surface area contributed by atoms with Crippen LogP contribution in [0.5, 0.6) is 0 Å². The first-order valence-electron chi connectivity index (χ1n) is 8.34. The van der Waals surface area contributed by atoms with E-state index >= 15 is 0 Å². The highest BCUT2D eigenvalue weighted by molar-refractivity contribution is 6.06. The summed E-state index contributed by atoms with van der Waals surface area (Å²) in [6.07, 6.45) is 0. The van der Waals surface area contributed by atoms with Crippen molar-refractivity contribution in [1.29, 1.82) is 0 Å². The van der Waals surface area contributed by atoms with Gasteiger partial charge in [0.1, 0.15) is 0 Å². The standard InChI is InChI=1S/C20H25N3O2/c1-12(2)11-22-19(24)15-6-8-18(14(4)9-15)23-20(25)17-10-16(21)7-5-13(17)3/h5-10,12H,11,21H2,1-4H3,(H,22,24)(H,23,25). The van der Waals surface area contributed by atoms with Gasteiger partial charge in [-0.15, -0.1) is 0 Å². The zero-order valence-electron chi connectivity index (χ0n) is 15.1. The average Bonchev–Trinajstić information content (AvgIpc) is 2.56. The molecule has 0 aromatic heterocycles. The van der Waals surface area contributed by atoms with Gasteiger partial charge in [0.25, 0.3) is 11.8 Å². The van der Waals surface area contributed by atoms with E-state index in [1.54, 1.807) is 30.3 Å². The highest BCUT2D eigenvalue weighted by Crippen LogP contribution is 2.19. The maximum absolute atomic E-state index is 12.5. The molecule has 4 N–H and O–H groups in total. The summed E-state index contributed by atoms with van der Waals surface area (Å²) in [6.45, 7) is 8.44. The molecule has 5 nitrogen and oxygen atoms in total. The topological polar surface area (TPSA) is 84.2 Å². The maximum Gasteiger partial charge on any atom is 0.256 e. The van der Waals surface area contributed by atoms with E-state index in [0.717, 1.165) is 11.1 Å². The van der Waals surface area contributed by atoms with E-state index in [0.29, 0.717) is 35.0 Å². The van der Waals surface area contributed by atoms with Crippen LogP contribution in [0.4, 0.5) is 11.4 Å². The van der Waals surface area contributed by atoms with Crippen LogP contribution >= 0.6 is 0 Å². The second kappa shape index (κ2) is 7.83. The lowest BCUT2D eigenvalue weighted by Crippen LogP contribution is -2.27. The van der Waals surface area contributed by atoms with Gasteiger partial charge >= 0.3 is 0 Å². The monoisotopic (exact) mass is 339 g/mol. The maximum atomic E-state index is 12.5. The first-order valence-corrected chi connectivity index (χ1v) is 8.34. The zero-order chi connectivity index (χ0) is 18.6. The fourth-order valence-corrected chi connectivity index (χ4v) is 2.42. The minimum absolute atomic E-state index is 0.110. The fraction of sp³-hybridized carbons (Fsp3) is 0.300. The van der Waals surface area contributed by atoms with Gasteiger partial charge in [-0.25, -0.2) is 0 Å². The number of carbonyl (C=O) groups excluding carboxylic acids is 2. The van der Waals surface area contributed by atoms with Gasteiger partial charge in [-0.3, -0.25) is 9.59 Å². The fourth-order valence-electron chi connectivity index (χ4n) is 2.42. The summed E-state index contributed by atoms with van der Waals surface area (Å²) in [5, 5.41) is 5.77. The molecule has 0 unspecified atom stereocenters. The number of anilines is 2. The van der Waals surface area contributed by atoms with Gasteiger partial charge in [0, 0.05) is 29.0 Å². The normalized spacial score (nSPS) is 10.6. The van der Waals surface area contributed by atoms with Crippen LogP contribution in [0.3, 0.4) is 0 Å². The molecule has 0 saturated heterocycles. The molecule has 0 fully saturated rings. The third kappa shape index (κ3) is 4.83. The van der Waals surface area contributed by atoms with Gasteiger partial charge in [-0.05, 0) is 61.2 Å². The number of nitrogens with one attached hydrogen (secondary N) is 2. The van der Waals surface area contributed by atoms with Crippen molar-refractivity contribution in [3.8, 4) is 0 Å². The van der Waals surface area contributed by atoms with E-state index in [2.05, 4.69) is 10.6 Å². The summed E-state index contributed by atoms with van der Waals surface area (Å²) in [5.41, 5.74) is 9.79. The second-order valence-electron chi connectivity index (χ2n) is 6.66. The molecule has 0 radical (unpaired) electrons. The Morgan fingerprint density at radius 3 is 2.36 bits per heavy atom. The summed E-state index contributed by atoms with van der Waals surface area (Å²) >= 11 is 0. The zero-order valence-corrected chi connectivity index (χ0v) is 15.1. The van der Waals surface area contributed by atoms with E-state index in [1.807, 2.05) is 33.8 Å². The third-order valence-electron chi connectivity index (χ3n) is 3.91. The van der Waals surface area contributed by atoms with E-state index in [9.17, 15) is 9.59 Å². The first-order chi connectivity index (χ1) is 11.8. The Bertz CT molecular complexity index is 798. The van der Waals surface area contributed by atoms with Crippen molar-refractivity contribution in [2.24, 2.45) is 5.92 Å². The Morgan fingerprint density at radius 1 is 1.00 bits per heavy atom. The number of nitrogen functional groups attached to an aromatic ring is 1. The van der Waals surface area contributed by atoms with Gasteiger partial charge in [0.05, 0.1) is 0 Å². The molecular weight excluding hydrogens is 314 g/mol. The molecule has 0 spiro atoms. The van der Waals surface area contributed by atoms with Crippen LogP contribution in [0.1, 0.15) is 45.7 Å². The molecule has 2 amide bonds. The van der Waals surface area contributed by atoms with Crippen LogP contribution in [-0.2, 0) is 0 Å². The number of rotatable bonds is 5. The summed E-state index contributed by atoms with van der Waals surface area (Å²) in [7, 11) is 0. The second-order valence-corrected chi connectivity index (χ2v) is 6.66. The Labute approximate surface area is 148 Å². The van der Waals surface area contributed by atoms with Crippen molar-refractivity contribution >= 4 is 23.2 Å². The van der Waals surface area contributed by atoms with Gasteiger partial charge in [-0.1, -0.05) is 19.9 Å². The van der Waals surface area contributed by atoms with Crippen molar-refractivity contribution in [2.45, 2.75) is 27.7 Å². The molecule has 0 heterocycles. The highest BCUT2D eigenvalue weighted by Gasteiger charge is 2.13. The van der Waals surface area contributed by atoms with Crippen LogP contribution in [0.15, 0.2) is 36.4 Å². The van der Waals surface area contributed by atoms with Gasteiger partial charge in [0.15, 0.2) is 0 Å². The van der Waals surface area contributed by atoms with Crippen molar-refractivity contribution in [3.05, 3.63) is 58.7 Å². The van der Waals surface area contributed by atoms with Crippen LogP contribution in [0.25, 0.3) is 0 Å². The molecular formula is C20H25N3O2. The number of benzene rings is 2. The molecule has 2 aromatic carbocycles. The van der Waals surface area contributed by atoms with Crippen molar-refractivity contribution < 1.29 is 9.59 Å². The Hall–Kier alpha value is -2.82. The highest BCUT2D eigenvalue weighted by atomic mass is 16.2. The molecule has 0 aliphatic rings. The largest absolute Gasteiger partial charge is 0.399 e. The van der Waals surface area contributed by atoms with E-state index in [-0.39, 0.29) is 11.8 Å². The number of hydrogen-bond donors (Lipinski definition) is 3. The molecule has 0 atom stereocenters. The molecule has 0 aliphatic carbocycles. The lowest BCUT2D eigenvalue weighted by molar-refractivity contribution is 0.0948. The Kier molecular flexibility index (Phi) is 5.80. The summed E-state index contributed by atoms with van der Waals surface area (Å²) < 4.78 is 0. The smallest absolute Gasteiger partial charge is 0.256 e. The number of hydrogen-bond acceptors (Lipinski definition) is 3. The lowest BCUT2D eigenvalue weighted by Gasteiger charge is -2.12. The molecule has 2 aromatic rings. The molecule has 5 heteroatoms. The SMILES string of the molecule is Cc1cc(C(=O)NCC(C)C)ccc1NC(=O)c1cc(N)ccc1C. The average molecular weight is 339 g/mol. The van der Waals surface area contributed by atoms with Gasteiger partial charge in [0.2, 0.25) is 0 Å². The number of amides is 2. The van der Waals surface area contributed by atoms with E-state index in [4.69, 9.17) is 5.73 Å². The Balaban J connectivity index is 2.14. The van der Waals surface area contributed by atoms with Crippen molar-refractivity contribution in [2.75, 3.05) is 17.6 Å². The molecule has 132 valence electrons. The van der Waals surface area contributed by atoms with Crippen LogP contribution in [0.2, 0.25) is 0 Å². The van der Waals surface area contributed by atoms with Crippen LogP contribution in [-0.4, -0.2) is 18.4 Å². The lowest BCUT2D eigenvalue weighted by atomic mass is 10.1. The molecule has 2 rings (SSSR count). The summed E-state index contributed by atoms with van der Waals surface area (Å²) in [5.74, 6) is 0.0661. The summed E-state index contributed by atoms with van der Waals surface area (Å²) in [6, 6.07) is 10.5. The predicted octanol–water partition coefficient (Wildman–Crippen LogP) is 3.52. The number of nitrogens with two attached hydrogens (primary N) is 1. The van der Waals surface area contributed by atoms with E-state index < -0.39 is 0 Å². The van der Waals surface area contributed by atoms with Crippen molar-refractivity contribution in [3.63, 3.8) is 0 Å². The summed E-state index contributed by atoms with van der Waals surface area (Å²) in [4.78, 5) is 24.6. The molecule has 0 saturated carbocycles. The van der Waals surface area contributed by atoms with E-state index in [1.165, 1.54) is 0 Å². The van der Waals surface area contributed by atoms with Gasteiger partial charge in [-0.2, -0.15) is 0 Å². The van der Waals surface area contributed by atoms with Crippen LogP contribution < -0.4 is 16.4 Å². The predicted molar refractivity (Wildman–Crippen MR) is 102 cm³/mol. The third-order valence-corrected chi connectivity index (χ3v) is 3.91.